The third-order valence-corrected chi connectivity index (χ3v) is 3.91. The molecule has 1 fully saturated rings. The highest BCUT2D eigenvalue weighted by Crippen LogP contribution is 2.23. The number of hydrogen-bond acceptors (Lipinski definition) is 5. The zero-order valence-corrected chi connectivity index (χ0v) is 14.8. The molecule has 0 unspecified atom stereocenters. The molecule has 0 aromatic heterocycles. The zero-order chi connectivity index (χ0) is 20.3. The van der Waals surface area contributed by atoms with Crippen LogP contribution in [-0.2, 0) is 14.4 Å². The number of amides is 4. The third kappa shape index (κ3) is 4.07. The summed E-state index contributed by atoms with van der Waals surface area (Å²) in [5, 5.41) is 10.8. The van der Waals surface area contributed by atoms with Crippen molar-refractivity contribution in [3.63, 3.8) is 0 Å². The maximum Gasteiger partial charge on any atom is 0.341 e. The molecule has 0 aliphatic carbocycles. The number of carboxylic acids is 1. The number of nitrogens with zero attached hydrogens (tertiary/aromatic N) is 1. The van der Waals surface area contributed by atoms with Crippen molar-refractivity contribution in [2.75, 3.05) is 11.5 Å². The van der Waals surface area contributed by atoms with Crippen LogP contribution < -0.4 is 15.0 Å². The molecule has 142 valence electrons. The summed E-state index contributed by atoms with van der Waals surface area (Å²) in [6, 6.07) is 12.2. The normalized spacial score (nSPS) is 15.5. The van der Waals surface area contributed by atoms with Gasteiger partial charge in [-0.05, 0) is 48.4 Å². The van der Waals surface area contributed by atoms with Crippen molar-refractivity contribution >= 4 is 35.6 Å². The SMILES string of the molecule is Cc1cccc(N2C(=O)NC(=O)/C(=C/c3ccc(OCC(=O)O)cc3)C2=O)c1. The largest absolute Gasteiger partial charge is 0.482 e. The molecule has 3 rings (SSSR count). The molecule has 2 aromatic carbocycles. The van der Waals surface area contributed by atoms with Crippen LogP contribution in [0.1, 0.15) is 11.1 Å². The molecule has 1 heterocycles. The number of barbiturate groups is 1. The van der Waals surface area contributed by atoms with Gasteiger partial charge in [-0.25, -0.2) is 14.5 Å². The van der Waals surface area contributed by atoms with Crippen LogP contribution in [0.25, 0.3) is 6.08 Å². The predicted octanol–water partition coefficient (Wildman–Crippen LogP) is 2.12. The average Bonchev–Trinajstić information content (AvgIpc) is 2.64. The van der Waals surface area contributed by atoms with Crippen LogP contribution in [0.4, 0.5) is 10.5 Å². The van der Waals surface area contributed by atoms with E-state index in [1.54, 1.807) is 30.3 Å². The number of carboxylic acid groups (broad SMARTS) is 1. The molecule has 8 nitrogen and oxygen atoms in total. The van der Waals surface area contributed by atoms with Crippen LogP contribution in [0.5, 0.6) is 5.75 Å². The highest BCUT2D eigenvalue weighted by Gasteiger charge is 2.36. The number of aliphatic carboxylic acids is 1. The lowest BCUT2D eigenvalue weighted by Gasteiger charge is -2.26. The molecule has 8 heteroatoms. The Hall–Kier alpha value is -3.94. The summed E-state index contributed by atoms with van der Waals surface area (Å²) in [4.78, 5) is 48.6. The average molecular weight is 380 g/mol. The lowest BCUT2D eigenvalue weighted by Crippen LogP contribution is -2.54. The molecule has 0 saturated carbocycles. The monoisotopic (exact) mass is 380 g/mol. The van der Waals surface area contributed by atoms with E-state index in [2.05, 4.69) is 5.32 Å². The van der Waals surface area contributed by atoms with E-state index in [4.69, 9.17) is 9.84 Å². The highest BCUT2D eigenvalue weighted by molar-refractivity contribution is 6.39. The lowest BCUT2D eigenvalue weighted by atomic mass is 10.1. The first kappa shape index (κ1) is 18.8. The number of rotatable bonds is 5. The van der Waals surface area contributed by atoms with Gasteiger partial charge < -0.3 is 9.84 Å². The first-order valence-corrected chi connectivity index (χ1v) is 8.28. The molecule has 2 N–H and O–H groups in total. The van der Waals surface area contributed by atoms with Crippen molar-refractivity contribution < 1.29 is 29.0 Å². The standard InChI is InChI=1S/C20H16N2O6/c1-12-3-2-4-14(9-12)22-19(26)16(18(25)21-20(22)27)10-13-5-7-15(8-6-13)28-11-17(23)24/h2-10H,11H2,1H3,(H,23,24)(H,21,25,27)/b16-10-. The fourth-order valence-corrected chi connectivity index (χ4v) is 2.63. The fourth-order valence-electron chi connectivity index (χ4n) is 2.63. The van der Waals surface area contributed by atoms with Crippen molar-refractivity contribution in [1.82, 2.24) is 5.32 Å². The lowest BCUT2D eigenvalue weighted by molar-refractivity contribution is -0.139. The van der Waals surface area contributed by atoms with Crippen LogP contribution in [0.2, 0.25) is 0 Å². The van der Waals surface area contributed by atoms with Crippen LogP contribution in [0.3, 0.4) is 0 Å². The van der Waals surface area contributed by atoms with Gasteiger partial charge in [0.2, 0.25) is 0 Å². The number of imide groups is 2. The molecule has 4 amide bonds. The van der Waals surface area contributed by atoms with Crippen molar-refractivity contribution in [1.29, 1.82) is 0 Å². The Morgan fingerprint density at radius 2 is 1.86 bits per heavy atom. The van der Waals surface area contributed by atoms with E-state index in [-0.39, 0.29) is 5.57 Å². The number of anilines is 1. The number of carbonyl (C=O) groups excluding carboxylic acids is 3. The van der Waals surface area contributed by atoms with Gasteiger partial charge in [-0.3, -0.25) is 14.9 Å². The summed E-state index contributed by atoms with van der Waals surface area (Å²) in [7, 11) is 0. The molecule has 28 heavy (non-hydrogen) atoms. The van der Waals surface area contributed by atoms with Crippen LogP contribution >= 0.6 is 0 Å². The second kappa shape index (κ2) is 7.75. The Morgan fingerprint density at radius 1 is 1.14 bits per heavy atom. The van der Waals surface area contributed by atoms with Gasteiger partial charge in [-0.1, -0.05) is 24.3 Å². The van der Waals surface area contributed by atoms with Crippen molar-refractivity contribution in [2.45, 2.75) is 6.92 Å². The van der Waals surface area contributed by atoms with Gasteiger partial charge in [0.05, 0.1) is 5.69 Å². The molecule has 1 aliphatic heterocycles. The van der Waals surface area contributed by atoms with Gasteiger partial charge in [0.1, 0.15) is 11.3 Å². The van der Waals surface area contributed by atoms with Crippen molar-refractivity contribution in [3.8, 4) is 5.75 Å². The fraction of sp³-hybridized carbons (Fsp3) is 0.100. The zero-order valence-electron chi connectivity index (χ0n) is 14.8. The minimum Gasteiger partial charge on any atom is -0.482 e. The van der Waals surface area contributed by atoms with E-state index >= 15 is 0 Å². The maximum absolute atomic E-state index is 12.8. The van der Waals surface area contributed by atoms with Gasteiger partial charge in [-0.2, -0.15) is 0 Å². The van der Waals surface area contributed by atoms with Gasteiger partial charge in [-0.15, -0.1) is 0 Å². The number of urea groups is 1. The van der Waals surface area contributed by atoms with E-state index in [0.717, 1.165) is 10.5 Å². The van der Waals surface area contributed by atoms with Gasteiger partial charge in [0.15, 0.2) is 6.61 Å². The molecule has 2 aromatic rings. The second-order valence-electron chi connectivity index (χ2n) is 6.05. The predicted molar refractivity (Wildman–Crippen MR) is 99.8 cm³/mol. The van der Waals surface area contributed by atoms with Gasteiger partial charge >= 0.3 is 12.0 Å². The van der Waals surface area contributed by atoms with E-state index in [0.29, 0.717) is 17.0 Å². The molecule has 1 saturated heterocycles. The quantitative estimate of drug-likeness (QED) is 0.607. The van der Waals surface area contributed by atoms with E-state index in [1.807, 2.05) is 13.0 Å². The van der Waals surface area contributed by atoms with Crippen LogP contribution in [-0.4, -0.2) is 35.5 Å². The molecular weight excluding hydrogens is 364 g/mol. The summed E-state index contributed by atoms with van der Waals surface area (Å²) in [5.41, 5.74) is 1.54. The number of nitrogens with one attached hydrogen (secondary N) is 1. The smallest absolute Gasteiger partial charge is 0.341 e. The summed E-state index contributed by atoms with van der Waals surface area (Å²) in [5.74, 6) is -2.28. The highest BCUT2D eigenvalue weighted by atomic mass is 16.5. The van der Waals surface area contributed by atoms with Crippen LogP contribution in [0.15, 0.2) is 54.1 Å². The molecule has 0 radical (unpaired) electrons. The van der Waals surface area contributed by atoms with Gasteiger partial charge in [0, 0.05) is 0 Å². The molecule has 1 aliphatic rings. The first-order valence-electron chi connectivity index (χ1n) is 8.28. The number of hydrogen-bond donors (Lipinski definition) is 2. The van der Waals surface area contributed by atoms with Gasteiger partial charge in [0.25, 0.3) is 11.8 Å². The number of benzene rings is 2. The van der Waals surface area contributed by atoms with Crippen molar-refractivity contribution in [2.24, 2.45) is 0 Å². The van der Waals surface area contributed by atoms with Crippen LogP contribution in [0, 0.1) is 6.92 Å². The Kier molecular flexibility index (Phi) is 5.21. The Morgan fingerprint density at radius 3 is 2.50 bits per heavy atom. The number of aryl methyl sites for hydroxylation is 1. The first-order chi connectivity index (χ1) is 13.3. The Balaban J connectivity index is 1.87. The summed E-state index contributed by atoms with van der Waals surface area (Å²) < 4.78 is 5.04. The number of ether oxygens (including phenoxy) is 1. The maximum atomic E-state index is 12.8. The number of carbonyl (C=O) groups is 4. The molecule has 0 bridgehead atoms. The van der Waals surface area contributed by atoms with E-state index in [1.165, 1.54) is 18.2 Å². The Labute approximate surface area is 160 Å². The minimum absolute atomic E-state index is 0.194. The summed E-state index contributed by atoms with van der Waals surface area (Å²) in [6.45, 7) is 1.35. The topological polar surface area (TPSA) is 113 Å². The minimum atomic E-state index is -1.10. The van der Waals surface area contributed by atoms with E-state index < -0.39 is 30.4 Å². The van der Waals surface area contributed by atoms with E-state index in [9.17, 15) is 19.2 Å². The second-order valence-corrected chi connectivity index (χ2v) is 6.05. The third-order valence-electron chi connectivity index (χ3n) is 3.91. The molecular formula is C20H16N2O6. The Bertz CT molecular complexity index is 994. The summed E-state index contributed by atoms with van der Waals surface area (Å²) in [6.07, 6.45) is 1.36. The molecule has 0 spiro atoms. The van der Waals surface area contributed by atoms with Crippen molar-refractivity contribution in [3.05, 3.63) is 65.2 Å². The summed E-state index contributed by atoms with van der Waals surface area (Å²) >= 11 is 0. The molecule has 0 atom stereocenters.